The zero-order chi connectivity index (χ0) is 17.4. The molecule has 1 saturated heterocycles. The van der Waals surface area contributed by atoms with E-state index in [2.05, 4.69) is 26.1 Å². The lowest BCUT2D eigenvalue weighted by atomic mass is 9.84. The first-order valence-electron chi connectivity index (χ1n) is 7.74. The van der Waals surface area contributed by atoms with E-state index in [1.807, 2.05) is 13.0 Å². The van der Waals surface area contributed by atoms with Gasteiger partial charge < -0.3 is 10.1 Å². The molecule has 6 heteroatoms. The fraction of sp³-hybridized carbons (Fsp3) is 0.588. The Bertz CT molecular complexity index is 717. The summed E-state index contributed by atoms with van der Waals surface area (Å²) in [5, 5.41) is 2.83. The number of amides is 1. The van der Waals surface area contributed by atoms with Gasteiger partial charge >= 0.3 is 0 Å². The molecule has 0 aromatic heterocycles. The standard InChI is InChI=1S/C17H25NO4S/c1-11-8-13(15(22-5)14(9-11)17(2,3)4)16(19)18-12-6-7-23(20,21)10-12/h8-9,12H,6-7,10H2,1-5H3,(H,18,19). The van der Waals surface area contributed by atoms with Crippen LogP contribution in [0, 0.1) is 6.92 Å². The van der Waals surface area contributed by atoms with Gasteiger partial charge in [0, 0.05) is 11.6 Å². The van der Waals surface area contributed by atoms with Crippen molar-refractivity contribution < 1.29 is 17.9 Å². The minimum absolute atomic E-state index is 0.0129. The lowest BCUT2D eigenvalue weighted by Gasteiger charge is -2.25. The van der Waals surface area contributed by atoms with Gasteiger partial charge in [-0.15, -0.1) is 0 Å². The molecule has 2 rings (SSSR count). The first-order chi connectivity index (χ1) is 10.5. The van der Waals surface area contributed by atoms with Crippen LogP contribution in [-0.2, 0) is 15.3 Å². The molecule has 1 atom stereocenters. The number of methoxy groups -OCH3 is 1. The molecule has 1 aromatic rings. The molecule has 0 bridgehead atoms. The second-order valence-corrected chi connectivity index (χ2v) is 9.45. The predicted octanol–water partition coefficient (Wildman–Crippen LogP) is 2.22. The van der Waals surface area contributed by atoms with Gasteiger partial charge in [-0.05, 0) is 30.4 Å². The fourth-order valence-electron chi connectivity index (χ4n) is 2.89. The lowest BCUT2D eigenvalue weighted by molar-refractivity contribution is 0.0937. The molecule has 5 nitrogen and oxygen atoms in total. The molecule has 1 unspecified atom stereocenters. The molecule has 1 fully saturated rings. The van der Waals surface area contributed by atoms with Gasteiger partial charge in [-0.25, -0.2) is 8.42 Å². The zero-order valence-corrected chi connectivity index (χ0v) is 15.2. The van der Waals surface area contributed by atoms with Crippen LogP contribution in [0.1, 0.15) is 48.7 Å². The summed E-state index contributed by atoms with van der Waals surface area (Å²) in [6, 6.07) is 3.48. The summed E-state index contributed by atoms with van der Waals surface area (Å²) in [5.74, 6) is 0.425. The third kappa shape index (κ3) is 4.05. The fourth-order valence-corrected chi connectivity index (χ4v) is 4.56. The molecule has 0 spiro atoms. The summed E-state index contributed by atoms with van der Waals surface area (Å²) in [7, 11) is -1.47. The number of aryl methyl sites for hydroxylation is 1. The van der Waals surface area contributed by atoms with Crippen LogP contribution < -0.4 is 10.1 Å². The Kier molecular flexibility index (Phi) is 4.76. The summed E-state index contributed by atoms with van der Waals surface area (Å²) in [4.78, 5) is 12.6. The van der Waals surface area contributed by atoms with Gasteiger partial charge in [-0.3, -0.25) is 4.79 Å². The number of rotatable bonds is 3. The number of hydrogen-bond acceptors (Lipinski definition) is 4. The van der Waals surface area contributed by atoms with E-state index in [4.69, 9.17) is 4.74 Å². The molecule has 1 amide bonds. The Morgan fingerprint density at radius 3 is 2.43 bits per heavy atom. The summed E-state index contributed by atoms with van der Waals surface area (Å²) in [5.41, 5.74) is 2.23. The minimum Gasteiger partial charge on any atom is -0.496 e. The van der Waals surface area contributed by atoms with E-state index in [0.29, 0.717) is 17.7 Å². The van der Waals surface area contributed by atoms with Gasteiger partial charge in [0.1, 0.15) is 5.75 Å². The second kappa shape index (κ2) is 6.15. The number of benzene rings is 1. The summed E-state index contributed by atoms with van der Waals surface area (Å²) in [6.45, 7) is 8.13. The monoisotopic (exact) mass is 339 g/mol. The van der Waals surface area contributed by atoms with Crippen molar-refractivity contribution >= 4 is 15.7 Å². The Morgan fingerprint density at radius 1 is 1.30 bits per heavy atom. The number of carbonyl (C=O) groups is 1. The Hall–Kier alpha value is -1.56. The predicted molar refractivity (Wildman–Crippen MR) is 91.0 cm³/mol. The Balaban J connectivity index is 2.35. The van der Waals surface area contributed by atoms with Crippen LogP contribution in [0.25, 0.3) is 0 Å². The van der Waals surface area contributed by atoms with Crippen molar-refractivity contribution in [3.8, 4) is 5.75 Å². The Morgan fingerprint density at radius 2 is 1.96 bits per heavy atom. The van der Waals surface area contributed by atoms with Gasteiger partial charge in [-0.2, -0.15) is 0 Å². The van der Waals surface area contributed by atoms with Gasteiger partial charge in [-0.1, -0.05) is 26.8 Å². The van der Waals surface area contributed by atoms with Gasteiger partial charge in [0.05, 0.1) is 24.2 Å². The van der Waals surface area contributed by atoms with Crippen molar-refractivity contribution in [3.63, 3.8) is 0 Å². The van der Waals surface area contributed by atoms with E-state index in [0.717, 1.165) is 11.1 Å². The molecule has 0 saturated carbocycles. The van der Waals surface area contributed by atoms with Crippen molar-refractivity contribution in [3.05, 3.63) is 28.8 Å². The van der Waals surface area contributed by atoms with Crippen LogP contribution in [0.4, 0.5) is 0 Å². The SMILES string of the molecule is COc1c(C(=O)NC2CCS(=O)(=O)C2)cc(C)cc1C(C)(C)C. The average Bonchev–Trinajstić information content (AvgIpc) is 2.75. The molecule has 0 radical (unpaired) electrons. The normalized spacial score (nSPS) is 20.3. The molecule has 1 aliphatic heterocycles. The van der Waals surface area contributed by atoms with Crippen LogP contribution in [0.15, 0.2) is 12.1 Å². The highest BCUT2D eigenvalue weighted by atomic mass is 32.2. The average molecular weight is 339 g/mol. The topological polar surface area (TPSA) is 72.5 Å². The van der Waals surface area contributed by atoms with Crippen molar-refractivity contribution in [1.82, 2.24) is 5.32 Å². The molecular weight excluding hydrogens is 314 g/mol. The maximum absolute atomic E-state index is 12.6. The lowest BCUT2D eigenvalue weighted by Crippen LogP contribution is -2.36. The quantitative estimate of drug-likeness (QED) is 0.916. The van der Waals surface area contributed by atoms with Crippen LogP contribution in [0.3, 0.4) is 0 Å². The number of nitrogens with one attached hydrogen (secondary N) is 1. The number of carbonyl (C=O) groups excluding carboxylic acids is 1. The van der Waals surface area contributed by atoms with Crippen molar-refractivity contribution in [2.24, 2.45) is 0 Å². The Labute approximate surface area is 138 Å². The van der Waals surface area contributed by atoms with E-state index in [9.17, 15) is 13.2 Å². The van der Waals surface area contributed by atoms with Crippen molar-refractivity contribution in [1.29, 1.82) is 0 Å². The molecule has 1 N–H and O–H groups in total. The number of hydrogen-bond donors (Lipinski definition) is 1. The second-order valence-electron chi connectivity index (χ2n) is 7.22. The third-order valence-corrected chi connectivity index (χ3v) is 5.83. The summed E-state index contributed by atoms with van der Waals surface area (Å²) in [6.07, 6.45) is 0.467. The van der Waals surface area contributed by atoms with E-state index in [-0.39, 0.29) is 28.9 Å². The van der Waals surface area contributed by atoms with Crippen LogP contribution >= 0.6 is 0 Å². The first kappa shape index (κ1) is 17.8. The van der Waals surface area contributed by atoms with E-state index >= 15 is 0 Å². The molecule has 23 heavy (non-hydrogen) atoms. The van der Waals surface area contributed by atoms with Gasteiger partial charge in [0.2, 0.25) is 0 Å². The van der Waals surface area contributed by atoms with E-state index < -0.39 is 9.84 Å². The highest BCUT2D eigenvalue weighted by Crippen LogP contribution is 2.35. The van der Waals surface area contributed by atoms with Crippen LogP contribution in [-0.4, -0.2) is 39.0 Å². The largest absolute Gasteiger partial charge is 0.496 e. The molecule has 1 heterocycles. The molecule has 1 aliphatic rings. The highest BCUT2D eigenvalue weighted by molar-refractivity contribution is 7.91. The van der Waals surface area contributed by atoms with Gasteiger partial charge in [0.15, 0.2) is 9.84 Å². The first-order valence-corrected chi connectivity index (χ1v) is 9.56. The van der Waals surface area contributed by atoms with Crippen molar-refractivity contribution in [2.45, 2.75) is 45.6 Å². The van der Waals surface area contributed by atoms with Crippen LogP contribution in [0.5, 0.6) is 5.75 Å². The maximum atomic E-state index is 12.6. The van der Waals surface area contributed by atoms with Crippen molar-refractivity contribution in [2.75, 3.05) is 18.6 Å². The number of sulfone groups is 1. The highest BCUT2D eigenvalue weighted by Gasteiger charge is 2.31. The molecule has 1 aromatic carbocycles. The third-order valence-electron chi connectivity index (χ3n) is 4.06. The van der Waals surface area contributed by atoms with Gasteiger partial charge in [0.25, 0.3) is 5.91 Å². The molecule has 0 aliphatic carbocycles. The molecular formula is C17H25NO4S. The summed E-state index contributed by atoms with van der Waals surface area (Å²) >= 11 is 0. The van der Waals surface area contributed by atoms with E-state index in [1.54, 1.807) is 13.2 Å². The number of ether oxygens (including phenoxy) is 1. The summed E-state index contributed by atoms with van der Waals surface area (Å²) < 4.78 is 28.6. The smallest absolute Gasteiger partial charge is 0.255 e. The minimum atomic E-state index is -3.02. The van der Waals surface area contributed by atoms with E-state index in [1.165, 1.54) is 0 Å². The maximum Gasteiger partial charge on any atom is 0.255 e. The zero-order valence-electron chi connectivity index (χ0n) is 14.4. The van der Waals surface area contributed by atoms with Crippen LogP contribution in [0.2, 0.25) is 0 Å². The molecule has 128 valence electrons.